The molecule has 0 bridgehead atoms. The predicted molar refractivity (Wildman–Crippen MR) is 74.3 cm³/mol. The molecular weight excluding hydrogens is 349 g/mol. The summed E-state index contributed by atoms with van der Waals surface area (Å²) in [6.45, 7) is -0.131. The Morgan fingerprint density at radius 2 is 1.95 bits per heavy atom. The second-order valence-electron chi connectivity index (χ2n) is 3.88. The molecule has 0 heterocycles. The standard InChI is InChI=1S/C11H13F3N2O4S.ClH/c1-20-10(17)8-3-2-7(6-9(8)11(12,13)14)21(18,19)16-5-4-15;/h2-3,6,16H,4-5,15H2,1H3;1H. The van der Waals surface area contributed by atoms with Gasteiger partial charge in [-0.15, -0.1) is 12.4 Å². The molecule has 0 amide bonds. The van der Waals surface area contributed by atoms with Crippen molar-refractivity contribution in [2.45, 2.75) is 11.1 Å². The topological polar surface area (TPSA) is 98.5 Å². The summed E-state index contributed by atoms with van der Waals surface area (Å²) < 4.78 is 68.6. The van der Waals surface area contributed by atoms with Crippen LogP contribution in [-0.2, 0) is 20.9 Å². The molecule has 0 radical (unpaired) electrons. The first-order valence-corrected chi connectivity index (χ1v) is 7.11. The number of carbonyl (C=O) groups is 1. The van der Waals surface area contributed by atoms with E-state index in [-0.39, 0.29) is 25.5 Å². The van der Waals surface area contributed by atoms with Crippen LogP contribution in [-0.4, -0.2) is 34.6 Å². The molecule has 1 aromatic carbocycles. The smallest absolute Gasteiger partial charge is 0.417 e. The van der Waals surface area contributed by atoms with Crippen molar-refractivity contribution in [3.05, 3.63) is 29.3 Å². The summed E-state index contributed by atoms with van der Waals surface area (Å²) in [6.07, 6.45) is -4.90. The molecule has 0 atom stereocenters. The molecule has 11 heteroatoms. The number of methoxy groups -OCH3 is 1. The monoisotopic (exact) mass is 362 g/mol. The number of carbonyl (C=O) groups excluding carboxylic acids is 1. The van der Waals surface area contributed by atoms with Crippen LogP contribution in [0.25, 0.3) is 0 Å². The molecule has 1 aromatic rings. The van der Waals surface area contributed by atoms with Crippen LogP contribution in [0.3, 0.4) is 0 Å². The predicted octanol–water partition coefficient (Wildman–Crippen LogP) is 1.15. The molecule has 6 nitrogen and oxygen atoms in total. The normalized spacial score (nSPS) is 11.7. The van der Waals surface area contributed by atoms with E-state index in [1.807, 2.05) is 4.72 Å². The fourth-order valence-corrected chi connectivity index (χ4v) is 2.56. The van der Waals surface area contributed by atoms with Crippen molar-refractivity contribution in [3.8, 4) is 0 Å². The molecule has 1 rings (SSSR count). The van der Waals surface area contributed by atoms with Crippen LogP contribution in [0.15, 0.2) is 23.1 Å². The van der Waals surface area contributed by atoms with Crippen molar-refractivity contribution < 1.29 is 31.1 Å². The van der Waals surface area contributed by atoms with Gasteiger partial charge in [0.15, 0.2) is 0 Å². The van der Waals surface area contributed by atoms with E-state index in [0.29, 0.717) is 6.07 Å². The van der Waals surface area contributed by atoms with E-state index in [9.17, 15) is 26.4 Å². The fourth-order valence-electron chi connectivity index (χ4n) is 1.49. The van der Waals surface area contributed by atoms with Gasteiger partial charge in [-0.05, 0) is 18.2 Å². The first-order valence-electron chi connectivity index (χ1n) is 5.62. The van der Waals surface area contributed by atoms with Gasteiger partial charge in [0, 0.05) is 13.1 Å². The van der Waals surface area contributed by atoms with Crippen LogP contribution >= 0.6 is 12.4 Å². The summed E-state index contributed by atoms with van der Waals surface area (Å²) in [4.78, 5) is 10.7. The number of hydrogen-bond donors (Lipinski definition) is 2. The number of nitrogens with two attached hydrogens (primary N) is 1. The lowest BCUT2D eigenvalue weighted by Gasteiger charge is -2.13. The Balaban J connectivity index is 0.00000441. The summed E-state index contributed by atoms with van der Waals surface area (Å²) in [5, 5.41) is 0. The van der Waals surface area contributed by atoms with E-state index >= 15 is 0 Å². The van der Waals surface area contributed by atoms with Gasteiger partial charge in [0.1, 0.15) is 0 Å². The number of nitrogens with one attached hydrogen (secondary N) is 1. The van der Waals surface area contributed by atoms with E-state index in [0.717, 1.165) is 19.2 Å². The van der Waals surface area contributed by atoms with E-state index < -0.39 is 38.2 Å². The lowest BCUT2D eigenvalue weighted by Crippen LogP contribution is -2.29. The molecule has 3 N–H and O–H groups in total. The van der Waals surface area contributed by atoms with Crippen molar-refractivity contribution in [1.82, 2.24) is 4.72 Å². The van der Waals surface area contributed by atoms with Gasteiger partial charge in [-0.1, -0.05) is 0 Å². The first-order chi connectivity index (χ1) is 9.63. The summed E-state index contributed by atoms with van der Waals surface area (Å²) in [5.41, 5.74) is 2.98. The molecule has 0 aliphatic rings. The lowest BCUT2D eigenvalue weighted by atomic mass is 10.1. The van der Waals surface area contributed by atoms with Crippen molar-refractivity contribution >= 4 is 28.4 Å². The van der Waals surface area contributed by atoms with Gasteiger partial charge in [0.2, 0.25) is 10.0 Å². The average Bonchev–Trinajstić information content (AvgIpc) is 2.42. The molecule has 0 saturated carbocycles. The third kappa shape index (κ3) is 4.83. The van der Waals surface area contributed by atoms with Gasteiger partial charge in [-0.2, -0.15) is 13.2 Å². The van der Waals surface area contributed by atoms with Crippen LogP contribution in [0.2, 0.25) is 0 Å². The summed E-state index contributed by atoms with van der Waals surface area (Å²) in [7, 11) is -3.21. The Bertz CT molecular complexity index is 635. The molecule has 0 unspecified atom stereocenters. The number of ether oxygens (including phenoxy) is 1. The van der Waals surface area contributed by atoms with E-state index in [4.69, 9.17) is 5.73 Å². The Morgan fingerprint density at radius 1 is 1.36 bits per heavy atom. The maximum absolute atomic E-state index is 12.9. The summed E-state index contributed by atoms with van der Waals surface area (Å²) in [6, 6.07) is 2.02. The lowest BCUT2D eigenvalue weighted by molar-refractivity contribution is -0.138. The second-order valence-corrected chi connectivity index (χ2v) is 5.65. The maximum atomic E-state index is 12.9. The van der Waals surface area contributed by atoms with Crippen LogP contribution in [0, 0.1) is 0 Å². The number of benzene rings is 1. The van der Waals surface area contributed by atoms with Crippen LogP contribution in [0.5, 0.6) is 0 Å². The number of alkyl halides is 3. The van der Waals surface area contributed by atoms with Crippen molar-refractivity contribution in [3.63, 3.8) is 0 Å². The Labute approximate surface area is 131 Å². The van der Waals surface area contributed by atoms with E-state index in [2.05, 4.69) is 4.74 Å². The van der Waals surface area contributed by atoms with E-state index in [1.165, 1.54) is 0 Å². The average molecular weight is 363 g/mol. The largest absolute Gasteiger partial charge is 0.465 e. The molecule has 0 aliphatic carbocycles. The maximum Gasteiger partial charge on any atom is 0.417 e. The highest BCUT2D eigenvalue weighted by Crippen LogP contribution is 2.33. The highest BCUT2D eigenvalue weighted by molar-refractivity contribution is 7.89. The van der Waals surface area contributed by atoms with Crippen LogP contribution in [0.1, 0.15) is 15.9 Å². The quantitative estimate of drug-likeness (QED) is 0.766. The fraction of sp³-hybridized carbons (Fsp3) is 0.364. The van der Waals surface area contributed by atoms with E-state index in [1.54, 1.807) is 0 Å². The molecule has 0 aliphatic heterocycles. The minimum absolute atomic E-state index is 0. The molecule has 0 saturated heterocycles. The van der Waals surface area contributed by atoms with Gasteiger partial charge in [-0.25, -0.2) is 17.9 Å². The highest BCUT2D eigenvalue weighted by atomic mass is 35.5. The highest BCUT2D eigenvalue weighted by Gasteiger charge is 2.36. The minimum atomic E-state index is -4.90. The molecule has 126 valence electrons. The van der Waals surface area contributed by atoms with Crippen LogP contribution in [0.4, 0.5) is 13.2 Å². The zero-order chi connectivity index (χ0) is 16.3. The number of esters is 1. The van der Waals surface area contributed by atoms with Crippen LogP contribution < -0.4 is 10.5 Å². The second kappa shape index (κ2) is 7.77. The number of hydrogen-bond acceptors (Lipinski definition) is 5. The Kier molecular flexibility index (Phi) is 7.29. The SMILES string of the molecule is COC(=O)c1ccc(S(=O)(=O)NCCN)cc1C(F)(F)F.Cl. The number of rotatable bonds is 5. The number of sulfonamides is 1. The van der Waals surface area contributed by atoms with Gasteiger partial charge in [0.25, 0.3) is 0 Å². The molecule has 0 spiro atoms. The Morgan fingerprint density at radius 3 is 2.41 bits per heavy atom. The molecule has 0 fully saturated rings. The molecule has 22 heavy (non-hydrogen) atoms. The zero-order valence-electron chi connectivity index (χ0n) is 11.3. The molecule has 0 aromatic heterocycles. The first kappa shape index (κ1) is 20.6. The van der Waals surface area contributed by atoms with Crippen molar-refractivity contribution in [1.29, 1.82) is 0 Å². The zero-order valence-corrected chi connectivity index (χ0v) is 12.9. The summed E-state index contributed by atoms with van der Waals surface area (Å²) in [5.74, 6) is -1.21. The van der Waals surface area contributed by atoms with Gasteiger partial charge in [-0.3, -0.25) is 0 Å². The Hall–Kier alpha value is -1.36. The third-order valence-corrected chi connectivity index (χ3v) is 3.91. The summed E-state index contributed by atoms with van der Waals surface area (Å²) >= 11 is 0. The van der Waals surface area contributed by atoms with Crippen molar-refractivity contribution in [2.75, 3.05) is 20.2 Å². The third-order valence-electron chi connectivity index (χ3n) is 2.45. The minimum Gasteiger partial charge on any atom is -0.465 e. The van der Waals surface area contributed by atoms with Gasteiger partial charge >= 0.3 is 12.1 Å². The molecular formula is C11H14ClF3N2O4S. The number of halogens is 4. The van der Waals surface area contributed by atoms with Crippen molar-refractivity contribution in [2.24, 2.45) is 5.73 Å². The van der Waals surface area contributed by atoms with Gasteiger partial charge in [0.05, 0.1) is 23.1 Å². The van der Waals surface area contributed by atoms with Gasteiger partial charge < -0.3 is 10.5 Å².